The zero-order valence-electron chi connectivity index (χ0n) is 19.4. The number of morpholine rings is 1. The largest absolute Gasteiger partial charge is 0.507 e. The van der Waals surface area contributed by atoms with Gasteiger partial charge in [0.25, 0.3) is 11.7 Å². The third kappa shape index (κ3) is 5.27. The summed E-state index contributed by atoms with van der Waals surface area (Å²) in [6, 6.07) is 13.2. The topological polar surface area (TPSA) is 79.3 Å². The van der Waals surface area contributed by atoms with Crippen LogP contribution in [0.15, 0.2) is 54.1 Å². The lowest BCUT2D eigenvalue weighted by molar-refractivity contribution is -0.140. The number of ketones is 1. The molecule has 2 aromatic rings. The molecule has 0 spiro atoms. The van der Waals surface area contributed by atoms with Crippen molar-refractivity contribution in [3.8, 4) is 5.75 Å². The lowest BCUT2D eigenvalue weighted by Gasteiger charge is -2.31. The van der Waals surface area contributed by atoms with Gasteiger partial charge in [0.2, 0.25) is 0 Å². The van der Waals surface area contributed by atoms with Crippen LogP contribution < -0.4 is 4.74 Å². The van der Waals surface area contributed by atoms with E-state index in [0.717, 1.165) is 18.7 Å². The highest BCUT2D eigenvalue weighted by atomic mass is 35.5. The first-order chi connectivity index (χ1) is 16.3. The van der Waals surface area contributed by atoms with Gasteiger partial charge in [0.1, 0.15) is 11.5 Å². The highest BCUT2D eigenvalue weighted by Gasteiger charge is 2.46. The van der Waals surface area contributed by atoms with Crippen molar-refractivity contribution in [3.63, 3.8) is 0 Å². The zero-order chi connectivity index (χ0) is 24.2. The van der Waals surface area contributed by atoms with Gasteiger partial charge in [-0.05, 0) is 55.8 Å². The molecule has 2 aliphatic rings. The number of carbonyl (C=O) groups excluding carboxylic acids is 2. The summed E-state index contributed by atoms with van der Waals surface area (Å²) in [6.07, 6.45) is 0.0231. The molecule has 0 aliphatic carbocycles. The number of halogens is 1. The van der Waals surface area contributed by atoms with Crippen molar-refractivity contribution in [2.45, 2.75) is 26.0 Å². The van der Waals surface area contributed by atoms with Gasteiger partial charge >= 0.3 is 0 Å². The average Bonchev–Trinajstić information content (AvgIpc) is 3.08. The maximum Gasteiger partial charge on any atom is 0.295 e. The van der Waals surface area contributed by atoms with E-state index in [9.17, 15) is 14.7 Å². The molecule has 4 rings (SSSR count). The van der Waals surface area contributed by atoms with Crippen LogP contribution in [0.1, 0.15) is 31.0 Å². The molecule has 2 saturated heterocycles. The quantitative estimate of drug-likeness (QED) is 0.365. The molecule has 34 heavy (non-hydrogen) atoms. The molecule has 1 amide bonds. The number of aliphatic hydroxyl groups is 1. The minimum absolute atomic E-state index is 0.0231. The van der Waals surface area contributed by atoms with Crippen LogP contribution in [-0.4, -0.2) is 72.1 Å². The molecule has 1 N–H and O–H groups in total. The molecule has 0 saturated carbocycles. The average molecular weight is 485 g/mol. The molecule has 0 radical (unpaired) electrons. The second-order valence-corrected chi connectivity index (χ2v) is 9.13. The standard InChI is InChI=1S/C26H29ClN2O5/c1-17(2)34-21-9-5-18(6-10-21)23-22(24(30)19-3-7-20(27)8-4-19)25(31)26(32)29(23)12-11-28-13-15-33-16-14-28/h3-10,17,23,30H,11-16H2,1-2H3/b24-22+. The van der Waals surface area contributed by atoms with E-state index in [1.54, 1.807) is 29.2 Å². The van der Waals surface area contributed by atoms with Crippen molar-refractivity contribution in [2.75, 3.05) is 39.4 Å². The normalized spacial score (nSPS) is 20.8. The summed E-state index contributed by atoms with van der Waals surface area (Å²) in [6.45, 7) is 7.72. The van der Waals surface area contributed by atoms with Gasteiger partial charge in [-0.25, -0.2) is 0 Å². The van der Waals surface area contributed by atoms with Crippen molar-refractivity contribution in [2.24, 2.45) is 0 Å². The highest BCUT2D eigenvalue weighted by molar-refractivity contribution is 6.46. The van der Waals surface area contributed by atoms with Crippen LogP contribution in [0.4, 0.5) is 0 Å². The van der Waals surface area contributed by atoms with Gasteiger partial charge in [0.05, 0.1) is 30.9 Å². The minimum atomic E-state index is -0.704. The predicted molar refractivity (Wildman–Crippen MR) is 130 cm³/mol. The number of Topliss-reactive ketones (excluding diaryl/α,β-unsaturated/α-hetero) is 1. The summed E-state index contributed by atoms with van der Waals surface area (Å²) in [5.74, 6) is -0.823. The number of rotatable bonds is 7. The molecule has 2 heterocycles. The maximum absolute atomic E-state index is 13.2. The summed E-state index contributed by atoms with van der Waals surface area (Å²) in [7, 11) is 0. The zero-order valence-corrected chi connectivity index (χ0v) is 20.1. The SMILES string of the molecule is CC(C)Oc1ccc(C2/C(=C(\O)c3ccc(Cl)cc3)C(=O)C(=O)N2CCN2CCOCC2)cc1. The number of ether oxygens (including phenoxy) is 2. The van der Waals surface area contributed by atoms with Crippen LogP contribution in [0.5, 0.6) is 5.75 Å². The lowest BCUT2D eigenvalue weighted by Crippen LogP contribution is -2.42. The summed E-state index contributed by atoms with van der Waals surface area (Å²) >= 11 is 5.99. The van der Waals surface area contributed by atoms with Gasteiger partial charge in [-0.3, -0.25) is 14.5 Å². The Bertz CT molecular complexity index is 1060. The smallest absolute Gasteiger partial charge is 0.295 e. The molecule has 2 fully saturated rings. The van der Waals surface area contributed by atoms with Gasteiger partial charge < -0.3 is 19.5 Å². The Morgan fingerprint density at radius 3 is 2.32 bits per heavy atom. The number of amides is 1. The minimum Gasteiger partial charge on any atom is -0.507 e. The number of aliphatic hydroxyl groups excluding tert-OH is 1. The van der Waals surface area contributed by atoms with E-state index in [1.165, 1.54) is 0 Å². The lowest BCUT2D eigenvalue weighted by atomic mass is 9.95. The van der Waals surface area contributed by atoms with Crippen molar-refractivity contribution in [1.29, 1.82) is 0 Å². The molecule has 0 aromatic heterocycles. The number of carbonyl (C=O) groups is 2. The molecule has 2 aliphatic heterocycles. The Kier molecular flexibility index (Phi) is 7.56. The first kappa shape index (κ1) is 24.3. The number of benzene rings is 2. The Morgan fingerprint density at radius 1 is 1.06 bits per heavy atom. The maximum atomic E-state index is 13.2. The molecular formula is C26H29ClN2O5. The van der Waals surface area contributed by atoms with E-state index in [2.05, 4.69) is 4.90 Å². The van der Waals surface area contributed by atoms with Gasteiger partial charge in [0, 0.05) is 36.8 Å². The van der Waals surface area contributed by atoms with Gasteiger partial charge in [-0.15, -0.1) is 0 Å². The van der Waals surface area contributed by atoms with E-state index >= 15 is 0 Å². The number of nitrogens with zero attached hydrogens (tertiary/aromatic N) is 2. The molecule has 1 atom stereocenters. The van der Waals surface area contributed by atoms with Crippen LogP contribution in [0, 0.1) is 0 Å². The summed E-state index contributed by atoms with van der Waals surface area (Å²) in [4.78, 5) is 30.0. The van der Waals surface area contributed by atoms with E-state index in [0.29, 0.717) is 42.6 Å². The summed E-state index contributed by atoms with van der Waals surface area (Å²) in [5, 5.41) is 11.6. The van der Waals surface area contributed by atoms with Gasteiger partial charge in [0.15, 0.2) is 0 Å². The first-order valence-corrected chi connectivity index (χ1v) is 11.8. The molecule has 2 aromatic carbocycles. The second-order valence-electron chi connectivity index (χ2n) is 8.69. The third-order valence-corrected chi connectivity index (χ3v) is 6.24. The fourth-order valence-electron chi connectivity index (χ4n) is 4.30. The van der Waals surface area contributed by atoms with E-state index in [-0.39, 0.29) is 17.4 Å². The molecule has 1 unspecified atom stereocenters. The third-order valence-electron chi connectivity index (χ3n) is 5.99. The molecule has 0 bridgehead atoms. The first-order valence-electron chi connectivity index (χ1n) is 11.5. The number of likely N-dealkylation sites (tertiary alicyclic amines) is 1. The van der Waals surface area contributed by atoms with Crippen LogP contribution >= 0.6 is 11.6 Å². The van der Waals surface area contributed by atoms with Crippen molar-refractivity contribution in [3.05, 3.63) is 70.3 Å². The molecule has 180 valence electrons. The van der Waals surface area contributed by atoms with Crippen LogP contribution in [0.25, 0.3) is 5.76 Å². The van der Waals surface area contributed by atoms with Crippen LogP contribution in [0.3, 0.4) is 0 Å². The van der Waals surface area contributed by atoms with E-state index in [4.69, 9.17) is 21.1 Å². The second kappa shape index (κ2) is 10.6. The van der Waals surface area contributed by atoms with Gasteiger partial charge in [-0.2, -0.15) is 0 Å². The van der Waals surface area contributed by atoms with E-state index in [1.807, 2.05) is 38.1 Å². The Morgan fingerprint density at radius 2 is 1.71 bits per heavy atom. The van der Waals surface area contributed by atoms with E-state index < -0.39 is 17.7 Å². The fraction of sp³-hybridized carbons (Fsp3) is 0.385. The van der Waals surface area contributed by atoms with Crippen molar-refractivity contribution in [1.82, 2.24) is 9.80 Å². The molecule has 7 nitrogen and oxygen atoms in total. The van der Waals surface area contributed by atoms with Crippen molar-refractivity contribution >= 4 is 29.1 Å². The molecule has 8 heteroatoms. The van der Waals surface area contributed by atoms with Crippen LogP contribution in [0.2, 0.25) is 5.02 Å². The monoisotopic (exact) mass is 484 g/mol. The summed E-state index contributed by atoms with van der Waals surface area (Å²) < 4.78 is 11.1. The fourth-order valence-corrected chi connectivity index (χ4v) is 4.42. The number of hydrogen-bond acceptors (Lipinski definition) is 6. The Hall–Kier alpha value is -2.87. The Labute approximate surface area is 204 Å². The van der Waals surface area contributed by atoms with Crippen molar-refractivity contribution < 1.29 is 24.2 Å². The predicted octanol–water partition coefficient (Wildman–Crippen LogP) is 3.88. The van der Waals surface area contributed by atoms with Gasteiger partial charge in [-0.1, -0.05) is 23.7 Å². The molecular weight excluding hydrogens is 456 g/mol. The van der Waals surface area contributed by atoms with Crippen LogP contribution in [-0.2, 0) is 14.3 Å². The summed E-state index contributed by atoms with van der Waals surface area (Å²) in [5.41, 5.74) is 1.24. The Balaban J connectivity index is 1.71. The number of hydrogen-bond donors (Lipinski definition) is 1. The highest BCUT2D eigenvalue weighted by Crippen LogP contribution is 2.39.